The van der Waals surface area contributed by atoms with Crippen LogP contribution in [0.3, 0.4) is 0 Å². The summed E-state index contributed by atoms with van der Waals surface area (Å²) in [6.45, 7) is 0. The highest BCUT2D eigenvalue weighted by molar-refractivity contribution is 6.30. The molecular formula is C20H13ClN2O. The Balaban J connectivity index is 2.13. The molecule has 4 rings (SSSR count). The van der Waals surface area contributed by atoms with Crippen LogP contribution >= 0.6 is 11.6 Å². The Kier molecular flexibility index (Phi) is 3.63. The van der Waals surface area contributed by atoms with E-state index in [-0.39, 0.29) is 5.43 Å². The summed E-state index contributed by atoms with van der Waals surface area (Å²) >= 11 is 6.02. The molecule has 0 saturated carbocycles. The van der Waals surface area contributed by atoms with Gasteiger partial charge in [0.05, 0.1) is 11.1 Å². The van der Waals surface area contributed by atoms with Gasteiger partial charge in [0.15, 0.2) is 5.43 Å². The van der Waals surface area contributed by atoms with Gasteiger partial charge in [-0.3, -0.25) is 9.36 Å². The molecule has 116 valence electrons. The lowest BCUT2D eigenvalue weighted by molar-refractivity contribution is 1.07. The van der Waals surface area contributed by atoms with E-state index in [1.165, 1.54) is 0 Å². The van der Waals surface area contributed by atoms with Gasteiger partial charge in [0, 0.05) is 23.0 Å². The minimum absolute atomic E-state index is 0.0397. The van der Waals surface area contributed by atoms with Crippen molar-refractivity contribution in [3.63, 3.8) is 0 Å². The molecule has 0 radical (unpaired) electrons. The molecule has 2 heterocycles. The van der Waals surface area contributed by atoms with Crippen LogP contribution in [0.15, 0.2) is 83.8 Å². The highest BCUT2D eigenvalue weighted by atomic mass is 35.5. The second-order valence-corrected chi connectivity index (χ2v) is 5.88. The summed E-state index contributed by atoms with van der Waals surface area (Å²) < 4.78 is 1.99. The molecule has 0 amide bonds. The Morgan fingerprint density at radius 1 is 0.875 bits per heavy atom. The first-order valence-electron chi connectivity index (χ1n) is 7.56. The van der Waals surface area contributed by atoms with E-state index in [0.717, 1.165) is 16.9 Å². The molecule has 24 heavy (non-hydrogen) atoms. The first-order valence-corrected chi connectivity index (χ1v) is 7.94. The number of rotatable bonds is 2. The molecule has 2 aromatic heterocycles. The molecule has 0 saturated heterocycles. The van der Waals surface area contributed by atoms with E-state index in [9.17, 15) is 4.79 Å². The molecular weight excluding hydrogens is 320 g/mol. The van der Waals surface area contributed by atoms with Gasteiger partial charge in [0.25, 0.3) is 0 Å². The zero-order valence-electron chi connectivity index (χ0n) is 12.7. The third-order valence-electron chi connectivity index (χ3n) is 3.93. The van der Waals surface area contributed by atoms with Crippen LogP contribution in [0.4, 0.5) is 0 Å². The number of aromatic nitrogens is 2. The molecule has 0 N–H and O–H groups in total. The monoisotopic (exact) mass is 332 g/mol. The van der Waals surface area contributed by atoms with Gasteiger partial charge in [-0.2, -0.15) is 0 Å². The molecule has 0 aliphatic heterocycles. The van der Waals surface area contributed by atoms with Crippen molar-refractivity contribution in [1.29, 1.82) is 0 Å². The highest BCUT2D eigenvalue weighted by Gasteiger charge is 2.13. The molecule has 0 aliphatic carbocycles. The normalized spacial score (nSPS) is 10.9. The van der Waals surface area contributed by atoms with E-state index in [0.29, 0.717) is 16.1 Å². The molecule has 2 aromatic carbocycles. The van der Waals surface area contributed by atoms with Gasteiger partial charge in [0.1, 0.15) is 5.65 Å². The number of pyridine rings is 2. The predicted molar refractivity (Wildman–Crippen MR) is 97.8 cm³/mol. The van der Waals surface area contributed by atoms with Crippen LogP contribution in [0, 0.1) is 0 Å². The number of hydrogen-bond donors (Lipinski definition) is 0. The van der Waals surface area contributed by atoms with Crippen molar-refractivity contribution < 1.29 is 0 Å². The minimum Gasteiger partial charge on any atom is -0.294 e. The molecule has 0 unspecified atom stereocenters. The van der Waals surface area contributed by atoms with Crippen LogP contribution in [0.5, 0.6) is 0 Å². The maximum Gasteiger partial charge on any atom is 0.191 e. The molecule has 0 fully saturated rings. The average Bonchev–Trinajstić information content (AvgIpc) is 2.63. The van der Waals surface area contributed by atoms with Gasteiger partial charge >= 0.3 is 0 Å². The summed E-state index contributed by atoms with van der Waals surface area (Å²) in [5.74, 6) is 0. The minimum atomic E-state index is -0.0397. The van der Waals surface area contributed by atoms with Gasteiger partial charge in [-0.25, -0.2) is 4.98 Å². The molecule has 0 atom stereocenters. The van der Waals surface area contributed by atoms with E-state index in [1.54, 1.807) is 24.4 Å². The highest BCUT2D eigenvalue weighted by Crippen LogP contribution is 2.26. The third kappa shape index (κ3) is 2.49. The third-order valence-corrected chi connectivity index (χ3v) is 4.18. The van der Waals surface area contributed by atoms with E-state index >= 15 is 0 Å². The van der Waals surface area contributed by atoms with Crippen LogP contribution in [0.25, 0.3) is 28.0 Å². The number of halogens is 1. The average molecular weight is 333 g/mol. The van der Waals surface area contributed by atoms with E-state index in [1.807, 2.05) is 59.2 Å². The molecule has 0 bridgehead atoms. The second kappa shape index (κ2) is 5.95. The van der Waals surface area contributed by atoms with Gasteiger partial charge in [-0.1, -0.05) is 41.9 Å². The van der Waals surface area contributed by atoms with E-state index in [4.69, 9.17) is 11.6 Å². The predicted octanol–water partition coefficient (Wildman–Crippen LogP) is 4.71. The standard InChI is InChI=1S/C20H13ClN2O/c21-15-8-10-16(11-9-15)23-18(14-5-2-1-3-6-14)13-19(24)17-7-4-12-22-20(17)23/h1-13H. The molecule has 0 spiro atoms. The Hall–Kier alpha value is -2.91. The Labute approximate surface area is 143 Å². The van der Waals surface area contributed by atoms with Crippen LogP contribution in [-0.4, -0.2) is 9.55 Å². The maximum absolute atomic E-state index is 12.5. The fourth-order valence-electron chi connectivity index (χ4n) is 2.82. The van der Waals surface area contributed by atoms with Crippen molar-refractivity contribution in [1.82, 2.24) is 9.55 Å². The Morgan fingerprint density at radius 3 is 2.38 bits per heavy atom. The number of benzene rings is 2. The van der Waals surface area contributed by atoms with E-state index in [2.05, 4.69) is 4.98 Å². The van der Waals surface area contributed by atoms with Crippen LogP contribution in [-0.2, 0) is 0 Å². The summed E-state index contributed by atoms with van der Waals surface area (Å²) in [4.78, 5) is 17.0. The number of fused-ring (bicyclic) bond motifs is 1. The second-order valence-electron chi connectivity index (χ2n) is 5.45. The lowest BCUT2D eigenvalue weighted by atomic mass is 10.1. The summed E-state index contributed by atoms with van der Waals surface area (Å²) in [6.07, 6.45) is 1.70. The van der Waals surface area contributed by atoms with Gasteiger partial charge in [-0.15, -0.1) is 0 Å². The van der Waals surface area contributed by atoms with Crippen molar-refractivity contribution in [2.75, 3.05) is 0 Å². The van der Waals surface area contributed by atoms with Gasteiger partial charge in [-0.05, 0) is 42.0 Å². The van der Waals surface area contributed by atoms with Crippen LogP contribution < -0.4 is 5.43 Å². The van der Waals surface area contributed by atoms with Crippen molar-refractivity contribution in [2.24, 2.45) is 0 Å². The Morgan fingerprint density at radius 2 is 1.62 bits per heavy atom. The Bertz CT molecular complexity index is 1070. The zero-order chi connectivity index (χ0) is 16.5. The van der Waals surface area contributed by atoms with Crippen LogP contribution in [0.1, 0.15) is 0 Å². The van der Waals surface area contributed by atoms with Crippen molar-refractivity contribution in [3.05, 3.63) is 94.2 Å². The number of hydrogen-bond acceptors (Lipinski definition) is 2. The lowest BCUT2D eigenvalue weighted by Crippen LogP contribution is -2.11. The van der Waals surface area contributed by atoms with Crippen molar-refractivity contribution >= 4 is 22.6 Å². The summed E-state index contributed by atoms with van der Waals surface area (Å²) in [5.41, 5.74) is 3.25. The fraction of sp³-hybridized carbons (Fsp3) is 0. The molecule has 3 nitrogen and oxygen atoms in total. The summed E-state index contributed by atoms with van der Waals surface area (Å²) in [7, 11) is 0. The molecule has 4 heteroatoms. The number of nitrogens with zero attached hydrogens (tertiary/aromatic N) is 2. The lowest BCUT2D eigenvalue weighted by Gasteiger charge is -2.16. The fourth-order valence-corrected chi connectivity index (χ4v) is 2.95. The quantitative estimate of drug-likeness (QED) is 0.533. The smallest absolute Gasteiger partial charge is 0.191 e. The van der Waals surface area contributed by atoms with Crippen molar-refractivity contribution in [3.8, 4) is 16.9 Å². The largest absolute Gasteiger partial charge is 0.294 e. The van der Waals surface area contributed by atoms with E-state index < -0.39 is 0 Å². The SMILES string of the molecule is O=c1cc(-c2ccccc2)n(-c2ccc(Cl)cc2)c2ncccc12. The first-order chi connectivity index (χ1) is 11.7. The van der Waals surface area contributed by atoms with Gasteiger partial charge in [0.2, 0.25) is 0 Å². The topological polar surface area (TPSA) is 34.9 Å². The summed E-state index contributed by atoms with van der Waals surface area (Å²) in [6, 6.07) is 22.6. The maximum atomic E-state index is 12.5. The molecule has 0 aliphatic rings. The summed E-state index contributed by atoms with van der Waals surface area (Å²) in [5, 5.41) is 1.26. The zero-order valence-corrected chi connectivity index (χ0v) is 13.4. The molecule has 4 aromatic rings. The van der Waals surface area contributed by atoms with Crippen molar-refractivity contribution in [2.45, 2.75) is 0 Å². The first kappa shape index (κ1) is 14.7. The van der Waals surface area contributed by atoms with Crippen LogP contribution in [0.2, 0.25) is 5.02 Å². The van der Waals surface area contributed by atoms with Gasteiger partial charge < -0.3 is 0 Å².